The van der Waals surface area contributed by atoms with Crippen molar-refractivity contribution in [2.24, 2.45) is 0 Å². The average Bonchev–Trinajstić information content (AvgIpc) is 3.08. The molecule has 0 saturated heterocycles. The third-order valence-corrected chi connectivity index (χ3v) is 7.92. The smallest absolute Gasteiger partial charge is 0.868 e. The van der Waals surface area contributed by atoms with Crippen molar-refractivity contribution in [1.29, 1.82) is 0 Å². The van der Waals surface area contributed by atoms with Crippen LogP contribution in [0.15, 0.2) is 140 Å². The number of aromatic amines is 1. The number of H-pyrrole nitrogens is 1. The number of hydrogen-bond acceptors (Lipinski definition) is 4. The number of rotatable bonds is 4. The maximum atomic E-state index is 12.8. The standard InChI is InChI=1S/C38H24N4O.Li/c43-32-22-21-30(31-20-11-23-39-35(31)32)33-26-16-7-9-18-28(26)34(29-19-10-8-17-27(29)33)38-41-36(24-12-3-1-4-13-24)40-37(42-38)25-14-5-2-6-15-25;/h1-23,43H;/q;+1. The van der Waals surface area contributed by atoms with E-state index in [9.17, 15) is 5.11 Å². The summed E-state index contributed by atoms with van der Waals surface area (Å²) < 4.78 is 0. The van der Waals surface area contributed by atoms with Gasteiger partial charge in [0.15, 0.2) is 23.7 Å². The zero-order chi connectivity index (χ0) is 28.8. The van der Waals surface area contributed by atoms with Gasteiger partial charge in [-0.15, -0.1) is 0 Å². The predicted octanol–water partition coefficient (Wildman–Crippen LogP) is 4.89. The van der Waals surface area contributed by atoms with E-state index in [0.29, 0.717) is 23.0 Å². The van der Waals surface area contributed by atoms with Crippen molar-refractivity contribution < 1.29 is 29.0 Å². The summed E-state index contributed by atoms with van der Waals surface area (Å²) in [4.78, 5) is 18.3. The van der Waals surface area contributed by atoms with Gasteiger partial charge in [0, 0.05) is 22.8 Å². The van der Waals surface area contributed by atoms with E-state index in [2.05, 4.69) is 53.5 Å². The Kier molecular flexibility index (Phi) is 7.11. The van der Waals surface area contributed by atoms with Crippen LogP contribution in [0.2, 0.25) is 0 Å². The van der Waals surface area contributed by atoms with E-state index in [1.165, 1.54) is 0 Å². The molecule has 0 bridgehead atoms. The molecule has 8 aromatic rings. The van der Waals surface area contributed by atoms with Crippen LogP contribution < -0.4 is 29.0 Å². The fraction of sp³-hybridized carbons (Fsp3) is 0. The Balaban J connectivity index is 0.00000312. The third kappa shape index (κ3) is 4.60. The first kappa shape index (κ1) is 27.5. The number of benzene rings is 6. The molecule has 0 spiro atoms. The normalized spacial score (nSPS) is 11.1. The first-order valence-electron chi connectivity index (χ1n) is 14.2. The molecule has 202 valence electrons. The summed E-state index contributed by atoms with van der Waals surface area (Å²) in [5.41, 5.74) is 5.46. The summed E-state index contributed by atoms with van der Waals surface area (Å²) in [6.07, 6.45) is 1.79. The molecule has 6 aromatic carbocycles. The predicted molar refractivity (Wildman–Crippen MR) is 170 cm³/mol. The summed E-state index contributed by atoms with van der Waals surface area (Å²) in [5, 5.41) is 17.8. The van der Waals surface area contributed by atoms with Crippen molar-refractivity contribution >= 4 is 32.4 Å². The molecule has 0 atom stereocenters. The van der Waals surface area contributed by atoms with Crippen LogP contribution in [0, 0.1) is 0 Å². The van der Waals surface area contributed by atoms with Crippen molar-refractivity contribution in [2.45, 2.75) is 0 Å². The van der Waals surface area contributed by atoms with Crippen molar-refractivity contribution in [3.8, 4) is 51.0 Å². The summed E-state index contributed by atoms with van der Waals surface area (Å²) in [6.45, 7) is 0. The second-order valence-electron chi connectivity index (χ2n) is 10.4. The van der Waals surface area contributed by atoms with Gasteiger partial charge in [-0.05, 0) is 44.5 Å². The van der Waals surface area contributed by atoms with E-state index < -0.39 is 0 Å². The molecule has 0 saturated carbocycles. The maximum Gasteiger partial charge on any atom is 1.00 e. The fourth-order valence-electron chi connectivity index (χ4n) is 6.00. The number of nitrogens with one attached hydrogen (secondary N) is 1. The number of nitrogens with zero attached hydrogens (tertiary/aromatic N) is 3. The van der Waals surface area contributed by atoms with E-state index in [1.807, 2.05) is 78.9 Å². The van der Waals surface area contributed by atoms with Crippen molar-refractivity contribution in [2.75, 3.05) is 0 Å². The minimum atomic E-state index is -0.0309. The second kappa shape index (κ2) is 11.4. The summed E-state index contributed by atoms with van der Waals surface area (Å²) >= 11 is 0. The Morgan fingerprint density at radius 3 is 1.43 bits per heavy atom. The van der Waals surface area contributed by atoms with Gasteiger partial charge in [0.25, 0.3) is 0 Å². The largest absolute Gasteiger partial charge is 1.00 e. The van der Waals surface area contributed by atoms with Crippen molar-refractivity contribution in [1.82, 2.24) is 15.0 Å². The maximum absolute atomic E-state index is 12.8. The summed E-state index contributed by atoms with van der Waals surface area (Å²) in [7, 11) is 0. The van der Waals surface area contributed by atoms with E-state index in [-0.39, 0.29) is 24.6 Å². The molecule has 0 aliphatic heterocycles. The monoisotopic (exact) mass is 559 g/mol. The van der Waals surface area contributed by atoms with Crippen LogP contribution >= 0.6 is 0 Å². The minimum absolute atomic E-state index is 0. The Morgan fingerprint density at radius 1 is 0.432 bits per heavy atom. The zero-order valence-electron chi connectivity index (χ0n) is 24.0. The molecule has 6 heteroatoms. The molecule has 2 heterocycles. The molecule has 0 fully saturated rings. The molecular weight excluding hydrogens is 535 g/mol. The van der Waals surface area contributed by atoms with Gasteiger partial charge >= 0.3 is 18.9 Å². The van der Waals surface area contributed by atoms with Crippen LogP contribution in [-0.4, -0.2) is 15.0 Å². The van der Waals surface area contributed by atoms with E-state index in [0.717, 1.165) is 54.7 Å². The van der Waals surface area contributed by atoms with Gasteiger partial charge in [0.1, 0.15) is 0 Å². The Bertz CT molecular complexity index is 2190. The molecule has 8 rings (SSSR count). The molecule has 0 amide bonds. The second-order valence-corrected chi connectivity index (χ2v) is 10.4. The molecule has 1 N–H and O–H groups in total. The van der Waals surface area contributed by atoms with Crippen LogP contribution in [0.4, 0.5) is 0 Å². The Morgan fingerprint density at radius 2 is 0.886 bits per heavy atom. The van der Waals surface area contributed by atoms with Gasteiger partial charge in [-0.3, -0.25) is 0 Å². The summed E-state index contributed by atoms with van der Waals surface area (Å²) in [5.74, 6) is 1.82. The van der Waals surface area contributed by atoms with Crippen LogP contribution in [0.5, 0.6) is 5.75 Å². The minimum Gasteiger partial charge on any atom is -0.868 e. The molecule has 5 nitrogen and oxygen atoms in total. The Labute approximate surface area is 266 Å². The molecular formula is C38H24LiN4O+. The molecule has 0 aliphatic carbocycles. The Hall–Kier alpha value is -5.34. The van der Waals surface area contributed by atoms with Crippen molar-refractivity contribution in [3.63, 3.8) is 0 Å². The van der Waals surface area contributed by atoms with Gasteiger partial charge in [-0.25, -0.2) is 19.9 Å². The SMILES string of the molecule is [Li+].[O-]c1ccc(-c2c3ccccc3c(-c3nc(-c4ccccc4)nc(-c4ccccc4)n3)c3ccccc23)c2ccc[nH+]c12. The van der Waals surface area contributed by atoms with Gasteiger partial charge < -0.3 is 5.11 Å². The van der Waals surface area contributed by atoms with E-state index >= 15 is 0 Å². The molecule has 44 heavy (non-hydrogen) atoms. The van der Waals surface area contributed by atoms with Crippen LogP contribution in [0.1, 0.15) is 0 Å². The first-order valence-corrected chi connectivity index (χ1v) is 14.2. The molecule has 0 aliphatic rings. The third-order valence-electron chi connectivity index (χ3n) is 7.92. The number of aromatic nitrogens is 4. The number of hydrogen-bond donors (Lipinski definition) is 0. The quantitative estimate of drug-likeness (QED) is 0.227. The fourth-order valence-corrected chi connectivity index (χ4v) is 6.00. The van der Waals surface area contributed by atoms with Crippen LogP contribution in [0.25, 0.3) is 77.7 Å². The molecule has 0 radical (unpaired) electrons. The molecule has 0 unspecified atom stereocenters. The first-order chi connectivity index (χ1) is 21.3. The van der Waals surface area contributed by atoms with Crippen molar-refractivity contribution in [3.05, 3.63) is 140 Å². The van der Waals surface area contributed by atoms with E-state index in [1.54, 1.807) is 12.3 Å². The van der Waals surface area contributed by atoms with Crippen LogP contribution in [-0.2, 0) is 0 Å². The van der Waals surface area contributed by atoms with Gasteiger partial charge in [-0.2, -0.15) is 0 Å². The topological polar surface area (TPSA) is 75.9 Å². The average molecular weight is 560 g/mol. The zero-order valence-corrected chi connectivity index (χ0v) is 24.0. The molecule has 2 aromatic heterocycles. The number of fused-ring (bicyclic) bond motifs is 3. The summed E-state index contributed by atoms with van der Waals surface area (Å²) in [6, 6.07) is 44.3. The van der Waals surface area contributed by atoms with Crippen LogP contribution in [0.3, 0.4) is 0 Å². The van der Waals surface area contributed by atoms with E-state index in [4.69, 9.17) is 15.0 Å². The van der Waals surface area contributed by atoms with Gasteiger partial charge in [-0.1, -0.05) is 121 Å². The number of pyridine rings is 1. The van der Waals surface area contributed by atoms with Gasteiger partial charge in [0.2, 0.25) is 5.52 Å². The van der Waals surface area contributed by atoms with Gasteiger partial charge in [0.05, 0.1) is 5.39 Å².